The van der Waals surface area contributed by atoms with Gasteiger partial charge in [0.2, 0.25) is 5.88 Å². The molecule has 1 aliphatic rings. The highest BCUT2D eigenvalue weighted by Gasteiger charge is 2.26. The number of amides is 1. The number of aromatic nitrogens is 3. The monoisotopic (exact) mass is 560 g/mol. The summed E-state index contributed by atoms with van der Waals surface area (Å²) in [4.78, 5) is 30.9. The highest BCUT2D eigenvalue weighted by molar-refractivity contribution is 6.31. The number of carbonyl (C=O) groups is 1. The normalized spacial score (nSPS) is 15.2. The average Bonchev–Trinajstić information content (AvgIpc) is 3.40. The summed E-state index contributed by atoms with van der Waals surface area (Å²) in [5.74, 6) is -0.0638. The van der Waals surface area contributed by atoms with Crippen molar-refractivity contribution in [3.63, 3.8) is 0 Å². The Morgan fingerprint density at radius 2 is 2.02 bits per heavy atom. The van der Waals surface area contributed by atoms with Crippen LogP contribution in [-0.2, 0) is 6.42 Å². The number of rotatable bonds is 8. The van der Waals surface area contributed by atoms with Gasteiger partial charge in [0.1, 0.15) is 17.4 Å². The Bertz CT molecular complexity index is 1530. The molecule has 1 saturated heterocycles. The summed E-state index contributed by atoms with van der Waals surface area (Å²) >= 11 is 6.28. The molecule has 10 heteroatoms. The van der Waals surface area contributed by atoms with Gasteiger partial charge < -0.3 is 19.9 Å². The van der Waals surface area contributed by atoms with Crippen LogP contribution in [0.1, 0.15) is 29.5 Å². The van der Waals surface area contributed by atoms with Gasteiger partial charge in [-0.1, -0.05) is 18.5 Å². The lowest BCUT2D eigenvalue weighted by atomic mass is 10.1. The molecule has 0 bridgehead atoms. The molecule has 1 fully saturated rings. The molecule has 0 saturated carbocycles. The van der Waals surface area contributed by atoms with Gasteiger partial charge in [-0.25, -0.2) is 19.3 Å². The van der Waals surface area contributed by atoms with E-state index >= 15 is 0 Å². The van der Waals surface area contributed by atoms with Gasteiger partial charge in [-0.05, 0) is 74.6 Å². The molecule has 0 spiro atoms. The van der Waals surface area contributed by atoms with Crippen LogP contribution in [0.5, 0.6) is 11.6 Å². The minimum atomic E-state index is -0.677. The van der Waals surface area contributed by atoms with E-state index in [-0.39, 0.29) is 23.2 Å². The van der Waals surface area contributed by atoms with Crippen molar-refractivity contribution in [3.05, 3.63) is 89.2 Å². The fourth-order valence-corrected chi connectivity index (χ4v) is 4.94. The van der Waals surface area contributed by atoms with E-state index in [1.165, 1.54) is 18.2 Å². The summed E-state index contributed by atoms with van der Waals surface area (Å²) in [5.41, 5.74) is 2.45. The second kappa shape index (κ2) is 12.0. The van der Waals surface area contributed by atoms with Crippen LogP contribution in [0.25, 0.3) is 11.3 Å². The van der Waals surface area contributed by atoms with Crippen LogP contribution < -0.4 is 15.0 Å². The van der Waals surface area contributed by atoms with Crippen LogP contribution in [0.4, 0.5) is 15.8 Å². The lowest BCUT2D eigenvalue weighted by Gasteiger charge is -2.29. The predicted octanol–water partition coefficient (Wildman–Crippen LogP) is 6.08. The average molecular weight is 561 g/mol. The number of nitrogens with one attached hydrogen (secondary N) is 1. The van der Waals surface area contributed by atoms with E-state index in [4.69, 9.17) is 16.3 Å². The lowest BCUT2D eigenvalue weighted by molar-refractivity contribution is 0.102. The zero-order chi connectivity index (χ0) is 28.2. The van der Waals surface area contributed by atoms with Gasteiger partial charge in [0.15, 0.2) is 0 Å². The number of anilines is 2. The van der Waals surface area contributed by atoms with Gasteiger partial charge in [0, 0.05) is 43.5 Å². The van der Waals surface area contributed by atoms with Gasteiger partial charge in [0.25, 0.3) is 5.91 Å². The molecule has 40 heavy (non-hydrogen) atoms. The number of benzene rings is 2. The number of aryl methyl sites for hydroxylation is 1. The quantitative estimate of drug-likeness (QED) is 0.280. The van der Waals surface area contributed by atoms with Crippen molar-refractivity contribution in [1.82, 2.24) is 19.9 Å². The zero-order valence-corrected chi connectivity index (χ0v) is 23.3. The van der Waals surface area contributed by atoms with Crippen LogP contribution >= 0.6 is 11.6 Å². The van der Waals surface area contributed by atoms with Crippen LogP contribution in [0.15, 0.2) is 67.0 Å². The minimum absolute atomic E-state index is 0.167. The number of likely N-dealkylation sites (tertiary alicyclic amines) is 1. The molecule has 0 unspecified atom stereocenters. The van der Waals surface area contributed by atoms with Crippen molar-refractivity contribution < 1.29 is 13.9 Å². The molecule has 8 nitrogen and oxygen atoms in total. The first-order chi connectivity index (χ1) is 19.3. The van der Waals surface area contributed by atoms with Gasteiger partial charge in [-0.2, -0.15) is 0 Å². The predicted molar refractivity (Wildman–Crippen MR) is 155 cm³/mol. The van der Waals surface area contributed by atoms with Crippen molar-refractivity contribution in [2.45, 2.75) is 25.8 Å². The van der Waals surface area contributed by atoms with Crippen molar-refractivity contribution >= 4 is 28.9 Å². The van der Waals surface area contributed by atoms with Crippen LogP contribution in [0.3, 0.4) is 0 Å². The number of halogens is 2. The first-order valence-corrected chi connectivity index (χ1v) is 13.5. The Kier molecular flexibility index (Phi) is 8.23. The molecule has 0 aliphatic carbocycles. The van der Waals surface area contributed by atoms with Crippen LogP contribution in [0, 0.1) is 5.82 Å². The second-order valence-corrected chi connectivity index (χ2v) is 10.2. The minimum Gasteiger partial charge on any atom is -0.438 e. The number of pyridine rings is 1. The highest BCUT2D eigenvalue weighted by atomic mass is 35.5. The standard InChI is InChI=1S/C30H30ClFN6O2/c1-4-28-33-14-11-25(35-28)22-6-5-13-34-30(22)40-21-8-9-24(32)23(17-21)29(39)36-26-16-19(31)7-10-27(26)38(3)20-12-15-37(2)18-20/h5-11,13-14,16-17,20H,4,12,15,18H2,1-3H3,(H,36,39)/t20-/m0/s1. The fraction of sp³-hybridized carbons (Fsp3) is 0.267. The summed E-state index contributed by atoms with van der Waals surface area (Å²) in [5, 5.41) is 3.32. The topological polar surface area (TPSA) is 83.5 Å². The number of hydrogen-bond donors (Lipinski definition) is 1. The highest BCUT2D eigenvalue weighted by Crippen LogP contribution is 2.34. The second-order valence-electron chi connectivity index (χ2n) is 9.74. The summed E-state index contributed by atoms with van der Waals surface area (Å²) < 4.78 is 21.0. The van der Waals surface area contributed by atoms with Crippen molar-refractivity contribution in [3.8, 4) is 22.9 Å². The Labute approximate surface area is 237 Å². The summed E-state index contributed by atoms with van der Waals surface area (Å²) in [7, 11) is 4.07. The van der Waals surface area contributed by atoms with E-state index in [0.717, 1.165) is 25.2 Å². The molecule has 0 radical (unpaired) electrons. The molecule has 206 valence electrons. The van der Waals surface area contributed by atoms with Crippen molar-refractivity contribution in [2.24, 2.45) is 0 Å². The smallest absolute Gasteiger partial charge is 0.258 e. The first kappa shape index (κ1) is 27.5. The van der Waals surface area contributed by atoms with Crippen molar-refractivity contribution in [1.29, 1.82) is 0 Å². The number of hydrogen-bond acceptors (Lipinski definition) is 7. The fourth-order valence-electron chi connectivity index (χ4n) is 4.77. The molecular weight excluding hydrogens is 531 g/mol. The molecule has 2 aromatic carbocycles. The SMILES string of the molecule is CCc1nccc(-c2cccnc2Oc2ccc(F)c(C(=O)Nc3cc(Cl)ccc3N(C)[C@H]3CCN(C)C3)c2)n1. The molecule has 1 aliphatic heterocycles. The van der Waals surface area contributed by atoms with Crippen LogP contribution in [0.2, 0.25) is 5.02 Å². The van der Waals surface area contributed by atoms with Crippen LogP contribution in [-0.4, -0.2) is 59.0 Å². The van der Waals surface area contributed by atoms with E-state index < -0.39 is 11.7 Å². The maximum Gasteiger partial charge on any atom is 0.258 e. The molecule has 2 aromatic heterocycles. The van der Waals surface area contributed by atoms with E-state index in [1.54, 1.807) is 36.7 Å². The number of nitrogens with zero attached hydrogens (tertiary/aromatic N) is 5. The van der Waals surface area contributed by atoms with Gasteiger partial charge >= 0.3 is 0 Å². The maximum absolute atomic E-state index is 14.9. The molecule has 1 N–H and O–H groups in total. The van der Waals surface area contributed by atoms with Gasteiger partial charge in [-0.15, -0.1) is 0 Å². The van der Waals surface area contributed by atoms with Gasteiger partial charge in [-0.3, -0.25) is 4.79 Å². The Morgan fingerprint density at radius 1 is 1.18 bits per heavy atom. The number of carbonyl (C=O) groups excluding carboxylic acids is 1. The summed E-state index contributed by atoms with van der Waals surface area (Å²) in [6.45, 7) is 3.88. The Morgan fingerprint density at radius 3 is 2.80 bits per heavy atom. The number of likely N-dealkylation sites (N-methyl/N-ethyl adjacent to an activating group) is 2. The van der Waals surface area contributed by atoms with E-state index in [2.05, 4.69) is 37.1 Å². The lowest BCUT2D eigenvalue weighted by Crippen LogP contribution is -2.34. The summed E-state index contributed by atoms with van der Waals surface area (Å²) in [6.07, 6.45) is 4.96. The van der Waals surface area contributed by atoms with Gasteiger partial charge in [0.05, 0.1) is 28.2 Å². The largest absolute Gasteiger partial charge is 0.438 e. The van der Waals surface area contributed by atoms with Crippen molar-refractivity contribution in [2.75, 3.05) is 37.4 Å². The third kappa shape index (κ3) is 6.05. The molecule has 1 amide bonds. The maximum atomic E-state index is 14.9. The molecule has 3 heterocycles. The molecule has 5 rings (SSSR count). The number of ether oxygens (including phenoxy) is 1. The van der Waals surface area contributed by atoms with E-state index in [1.807, 2.05) is 26.1 Å². The molecular formula is C30H30ClFN6O2. The third-order valence-corrected chi connectivity index (χ3v) is 7.20. The Balaban J connectivity index is 1.40. The zero-order valence-electron chi connectivity index (χ0n) is 22.6. The Hall–Kier alpha value is -4.08. The van der Waals surface area contributed by atoms with E-state index in [9.17, 15) is 9.18 Å². The first-order valence-electron chi connectivity index (χ1n) is 13.1. The molecule has 4 aromatic rings. The molecule has 1 atom stereocenters. The summed E-state index contributed by atoms with van der Waals surface area (Å²) in [6, 6.07) is 15.0. The van der Waals surface area contributed by atoms with E-state index in [0.29, 0.717) is 34.2 Å². The third-order valence-electron chi connectivity index (χ3n) is 6.97.